The summed E-state index contributed by atoms with van der Waals surface area (Å²) in [5.41, 5.74) is 0. The minimum Gasteiger partial charge on any atom is -0.457 e. The van der Waals surface area contributed by atoms with Crippen molar-refractivity contribution < 1.29 is 9.47 Å². The van der Waals surface area contributed by atoms with E-state index in [9.17, 15) is 0 Å². The van der Waals surface area contributed by atoms with Gasteiger partial charge < -0.3 is 9.47 Å². The Hall–Kier alpha value is -2.12. The molecular formula is C24H18O2S4. The van der Waals surface area contributed by atoms with E-state index in [0.717, 1.165) is 23.0 Å². The Morgan fingerprint density at radius 2 is 0.700 bits per heavy atom. The van der Waals surface area contributed by atoms with Crippen molar-refractivity contribution in [2.45, 2.75) is 9.79 Å². The van der Waals surface area contributed by atoms with Gasteiger partial charge >= 0.3 is 0 Å². The van der Waals surface area contributed by atoms with Gasteiger partial charge in [-0.25, -0.2) is 0 Å². The molecular weight excluding hydrogens is 449 g/mol. The summed E-state index contributed by atoms with van der Waals surface area (Å²) in [6, 6.07) is 35.9. The van der Waals surface area contributed by atoms with E-state index in [-0.39, 0.29) is 0 Å². The topological polar surface area (TPSA) is 18.5 Å². The van der Waals surface area contributed by atoms with Crippen LogP contribution in [0.2, 0.25) is 0 Å². The summed E-state index contributed by atoms with van der Waals surface area (Å²) in [4.78, 5) is 2.39. The van der Waals surface area contributed by atoms with E-state index in [0.29, 0.717) is 0 Å². The fourth-order valence-electron chi connectivity index (χ4n) is 2.48. The Labute approximate surface area is 192 Å². The van der Waals surface area contributed by atoms with Crippen LogP contribution >= 0.6 is 41.2 Å². The monoisotopic (exact) mass is 466 g/mol. The molecule has 150 valence electrons. The van der Waals surface area contributed by atoms with Crippen molar-refractivity contribution in [2.75, 3.05) is 0 Å². The molecule has 0 spiro atoms. The van der Waals surface area contributed by atoms with Crippen LogP contribution in [0, 0.1) is 0 Å². The molecule has 0 N–H and O–H groups in total. The summed E-state index contributed by atoms with van der Waals surface area (Å²) in [5, 5.41) is 0. The van der Waals surface area contributed by atoms with Gasteiger partial charge in [0.2, 0.25) is 0 Å². The predicted molar refractivity (Wildman–Crippen MR) is 133 cm³/mol. The van der Waals surface area contributed by atoms with E-state index in [2.05, 4.69) is 24.3 Å². The summed E-state index contributed by atoms with van der Waals surface area (Å²) in [5.74, 6) is 3.38. The molecule has 4 aromatic rings. The second-order valence-electron chi connectivity index (χ2n) is 6.08. The quantitative estimate of drug-likeness (QED) is 0.179. The summed E-state index contributed by atoms with van der Waals surface area (Å²) < 4.78 is 11.7. The van der Waals surface area contributed by atoms with Gasteiger partial charge in [0.05, 0.1) is 0 Å². The number of hydrogen-bond acceptors (Lipinski definition) is 6. The highest BCUT2D eigenvalue weighted by molar-refractivity contribution is 9.26. The van der Waals surface area contributed by atoms with Crippen LogP contribution in [0.3, 0.4) is 0 Å². The van der Waals surface area contributed by atoms with Crippen molar-refractivity contribution in [1.82, 2.24) is 0 Å². The highest BCUT2D eigenvalue weighted by Gasteiger charge is 2.02. The fraction of sp³-hybridized carbons (Fsp3) is 0. The first-order valence-electron chi connectivity index (χ1n) is 9.19. The van der Waals surface area contributed by atoms with Gasteiger partial charge in [-0.1, -0.05) is 36.4 Å². The van der Waals surface area contributed by atoms with Gasteiger partial charge in [-0.15, -0.1) is 0 Å². The highest BCUT2D eigenvalue weighted by atomic mass is 33.7. The molecule has 0 atom stereocenters. The predicted octanol–water partition coefficient (Wildman–Crippen LogP) is 9.37. The first kappa shape index (κ1) is 21.1. The van der Waals surface area contributed by atoms with Crippen molar-refractivity contribution >= 4 is 41.2 Å². The second-order valence-corrected chi connectivity index (χ2v) is 11.9. The normalized spacial score (nSPS) is 10.5. The molecule has 0 unspecified atom stereocenters. The van der Waals surface area contributed by atoms with Crippen LogP contribution in [0.4, 0.5) is 0 Å². The summed E-state index contributed by atoms with van der Waals surface area (Å²) in [6.07, 6.45) is 0. The lowest BCUT2D eigenvalue weighted by Crippen LogP contribution is -1.82. The second kappa shape index (κ2) is 11.3. The Morgan fingerprint density at radius 3 is 1.07 bits per heavy atom. The van der Waals surface area contributed by atoms with Gasteiger partial charge in [0.15, 0.2) is 0 Å². The highest BCUT2D eigenvalue weighted by Crippen LogP contribution is 2.49. The molecule has 2 nitrogen and oxygen atoms in total. The third kappa shape index (κ3) is 6.71. The molecule has 6 heteroatoms. The zero-order valence-electron chi connectivity index (χ0n) is 15.8. The molecule has 4 rings (SSSR count). The van der Waals surface area contributed by atoms with Crippen molar-refractivity contribution in [1.29, 1.82) is 0 Å². The maximum absolute atomic E-state index is 5.83. The Bertz CT molecular complexity index is 937. The number of para-hydroxylation sites is 2. The van der Waals surface area contributed by atoms with Gasteiger partial charge in [-0.3, -0.25) is 0 Å². The van der Waals surface area contributed by atoms with Gasteiger partial charge in [0.1, 0.15) is 23.0 Å². The molecule has 0 aliphatic rings. The minimum atomic E-state index is 0.843. The third-order valence-electron chi connectivity index (χ3n) is 3.89. The lowest BCUT2D eigenvalue weighted by molar-refractivity contribution is 0.482. The fourth-order valence-corrected chi connectivity index (χ4v) is 7.91. The van der Waals surface area contributed by atoms with Crippen LogP contribution in [0.5, 0.6) is 23.0 Å². The van der Waals surface area contributed by atoms with E-state index in [1.165, 1.54) is 9.79 Å². The maximum Gasteiger partial charge on any atom is 0.127 e. The lowest BCUT2D eigenvalue weighted by Gasteiger charge is -2.07. The smallest absolute Gasteiger partial charge is 0.127 e. The van der Waals surface area contributed by atoms with Gasteiger partial charge in [0, 0.05) is 9.79 Å². The Kier molecular flexibility index (Phi) is 7.97. The average molecular weight is 467 g/mol. The first-order chi connectivity index (χ1) is 14.8. The van der Waals surface area contributed by atoms with Crippen molar-refractivity contribution in [3.8, 4) is 23.0 Å². The summed E-state index contributed by atoms with van der Waals surface area (Å²) in [6.45, 7) is 0. The average Bonchev–Trinajstić information content (AvgIpc) is 2.80. The van der Waals surface area contributed by atoms with Gasteiger partial charge in [-0.05, 0) is 114 Å². The van der Waals surface area contributed by atoms with E-state index >= 15 is 0 Å². The van der Waals surface area contributed by atoms with E-state index in [4.69, 9.17) is 9.47 Å². The molecule has 30 heavy (non-hydrogen) atoms. The number of benzene rings is 4. The summed E-state index contributed by atoms with van der Waals surface area (Å²) >= 11 is 0. The van der Waals surface area contributed by atoms with Gasteiger partial charge in [-0.2, -0.15) is 0 Å². The molecule has 0 bridgehead atoms. The van der Waals surface area contributed by atoms with Crippen molar-refractivity contribution in [3.05, 3.63) is 109 Å². The molecule has 0 saturated heterocycles. The summed E-state index contributed by atoms with van der Waals surface area (Å²) in [7, 11) is 6.96. The molecule has 0 amide bonds. The maximum atomic E-state index is 5.83. The van der Waals surface area contributed by atoms with Gasteiger partial charge in [0.25, 0.3) is 0 Å². The lowest BCUT2D eigenvalue weighted by atomic mass is 10.3. The molecule has 0 aliphatic heterocycles. The Balaban J connectivity index is 1.19. The number of hydrogen-bond donors (Lipinski definition) is 0. The van der Waals surface area contributed by atoms with Crippen molar-refractivity contribution in [3.63, 3.8) is 0 Å². The van der Waals surface area contributed by atoms with Crippen LogP contribution in [-0.4, -0.2) is 0 Å². The van der Waals surface area contributed by atoms with E-state index in [1.54, 1.807) is 41.2 Å². The number of rotatable bonds is 9. The SMILES string of the molecule is c1ccc(Oc2ccc(SSSSc3ccc(Oc4ccccc4)cc3)cc2)cc1. The first-order valence-corrected chi connectivity index (χ1v) is 14.0. The van der Waals surface area contributed by atoms with E-state index < -0.39 is 0 Å². The van der Waals surface area contributed by atoms with Crippen LogP contribution in [0.1, 0.15) is 0 Å². The standard InChI is InChI=1S/C24H18O2S4/c1-3-7-19(8-4-1)25-21-11-15-23(16-12-21)27-29-30-28-24-17-13-22(14-18-24)26-20-9-5-2-6-10-20/h1-18H. The largest absolute Gasteiger partial charge is 0.457 e. The zero-order chi connectivity index (χ0) is 20.4. The zero-order valence-corrected chi connectivity index (χ0v) is 19.1. The van der Waals surface area contributed by atoms with Crippen LogP contribution in [0.15, 0.2) is 119 Å². The molecule has 0 fully saturated rings. The molecule has 0 aliphatic carbocycles. The third-order valence-corrected chi connectivity index (χ3v) is 9.97. The van der Waals surface area contributed by atoms with Crippen LogP contribution < -0.4 is 9.47 Å². The van der Waals surface area contributed by atoms with E-state index in [1.807, 2.05) is 84.9 Å². The Morgan fingerprint density at radius 1 is 0.367 bits per heavy atom. The van der Waals surface area contributed by atoms with Crippen LogP contribution in [-0.2, 0) is 0 Å². The molecule has 0 heterocycles. The molecule has 0 aromatic heterocycles. The molecule has 0 radical (unpaired) electrons. The number of ether oxygens (including phenoxy) is 2. The molecule has 0 saturated carbocycles. The minimum absolute atomic E-state index is 0.843. The van der Waals surface area contributed by atoms with Crippen LogP contribution in [0.25, 0.3) is 0 Å². The molecule has 4 aromatic carbocycles. The van der Waals surface area contributed by atoms with Crippen molar-refractivity contribution in [2.24, 2.45) is 0 Å².